The molecule has 0 bridgehead atoms. The van der Waals surface area contributed by atoms with E-state index in [0.717, 1.165) is 0 Å². The summed E-state index contributed by atoms with van der Waals surface area (Å²) in [5.74, 6) is 0.213. The number of piperazine rings is 1. The standard InChI is InChI=1S/C19H32N4O5/c1-14(2)10-16-18(25)21(4-7-27-3)11-15-12-22(19(26)23(15)16)13-17(24)20-5-8-28-9-6-20/h14-16H,4-13H2,1-3H3/t15-,16-/m0/s1. The third-order valence-corrected chi connectivity index (χ3v) is 5.63. The number of carbonyl (C=O) groups is 3. The van der Waals surface area contributed by atoms with Crippen molar-refractivity contribution in [3.63, 3.8) is 0 Å². The molecule has 0 aromatic carbocycles. The van der Waals surface area contributed by atoms with Crippen molar-refractivity contribution in [1.29, 1.82) is 0 Å². The number of rotatable bonds is 7. The van der Waals surface area contributed by atoms with Gasteiger partial charge in [0.05, 0.1) is 25.9 Å². The summed E-state index contributed by atoms with van der Waals surface area (Å²) in [5, 5.41) is 0. The fraction of sp³-hybridized carbons (Fsp3) is 0.842. The Balaban J connectivity index is 1.71. The van der Waals surface area contributed by atoms with Gasteiger partial charge >= 0.3 is 6.03 Å². The minimum atomic E-state index is -0.466. The molecule has 0 saturated carbocycles. The lowest BCUT2D eigenvalue weighted by atomic mass is 9.97. The van der Waals surface area contributed by atoms with Gasteiger partial charge in [0.2, 0.25) is 11.8 Å². The topological polar surface area (TPSA) is 82.6 Å². The molecule has 3 saturated heterocycles. The molecule has 4 amide bonds. The van der Waals surface area contributed by atoms with Crippen LogP contribution in [0.25, 0.3) is 0 Å². The maximum absolute atomic E-state index is 13.1. The summed E-state index contributed by atoms with van der Waals surface area (Å²) in [7, 11) is 1.62. The maximum Gasteiger partial charge on any atom is 0.321 e. The van der Waals surface area contributed by atoms with Gasteiger partial charge in [-0.15, -0.1) is 0 Å². The molecule has 3 aliphatic rings. The van der Waals surface area contributed by atoms with Crippen LogP contribution in [0, 0.1) is 5.92 Å². The Morgan fingerprint density at radius 1 is 1.18 bits per heavy atom. The average Bonchev–Trinajstić information content (AvgIpc) is 2.98. The molecule has 0 aromatic rings. The van der Waals surface area contributed by atoms with Gasteiger partial charge in [-0.1, -0.05) is 13.8 Å². The molecule has 0 radical (unpaired) electrons. The molecule has 158 valence electrons. The molecular weight excluding hydrogens is 364 g/mol. The van der Waals surface area contributed by atoms with E-state index in [0.29, 0.717) is 59.0 Å². The average molecular weight is 396 g/mol. The zero-order chi connectivity index (χ0) is 20.3. The van der Waals surface area contributed by atoms with Gasteiger partial charge in [-0.2, -0.15) is 0 Å². The van der Waals surface area contributed by atoms with E-state index in [1.54, 1.807) is 26.7 Å². The van der Waals surface area contributed by atoms with E-state index in [1.165, 1.54) is 0 Å². The maximum atomic E-state index is 13.1. The molecule has 2 atom stereocenters. The second kappa shape index (κ2) is 9.09. The number of nitrogens with zero attached hydrogens (tertiary/aromatic N) is 4. The summed E-state index contributed by atoms with van der Waals surface area (Å²) in [6, 6.07) is -0.744. The second-order valence-electron chi connectivity index (χ2n) is 8.14. The van der Waals surface area contributed by atoms with Crippen molar-refractivity contribution < 1.29 is 23.9 Å². The Morgan fingerprint density at radius 2 is 1.86 bits per heavy atom. The summed E-state index contributed by atoms with van der Waals surface area (Å²) in [4.78, 5) is 45.5. The summed E-state index contributed by atoms with van der Waals surface area (Å²) in [5.41, 5.74) is 0. The van der Waals surface area contributed by atoms with E-state index in [1.807, 2.05) is 0 Å². The highest BCUT2D eigenvalue weighted by Gasteiger charge is 2.49. The molecule has 0 spiro atoms. The molecule has 3 fully saturated rings. The first-order chi connectivity index (χ1) is 13.4. The monoisotopic (exact) mass is 396 g/mol. The highest BCUT2D eigenvalue weighted by molar-refractivity contribution is 5.92. The van der Waals surface area contributed by atoms with Crippen molar-refractivity contribution in [1.82, 2.24) is 19.6 Å². The van der Waals surface area contributed by atoms with Crippen LogP contribution in [0.5, 0.6) is 0 Å². The first-order valence-electron chi connectivity index (χ1n) is 10.1. The molecule has 9 nitrogen and oxygen atoms in total. The van der Waals surface area contributed by atoms with Crippen molar-refractivity contribution in [3.8, 4) is 0 Å². The smallest absolute Gasteiger partial charge is 0.321 e. The number of hydrogen-bond acceptors (Lipinski definition) is 5. The molecule has 0 unspecified atom stereocenters. The highest BCUT2D eigenvalue weighted by Crippen LogP contribution is 2.29. The van der Waals surface area contributed by atoms with Gasteiger partial charge in [0.1, 0.15) is 12.6 Å². The van der Waals surface area contributed by atoms with Gasteiger partial charge in [-0.3, -0.25) is 9.59 Å². The first kappa shape index (κ1) is 20.9. The fourth-order valence-electron chi connectivity index (χ4n) is 4.22. The van der Waals surface area contributed by atoms with Crippen LogP contribution in [0.15, 0.2) is 0 Å². The van der Waals surface area contributed by atoms with E-state index in [4.69, 9.17) is 9.47 Å². The van der Waals surface area contributed by atoms with Crippen molar-refractivity contribution >= 4 is 17.8 Å². The number of hydrogen-bond donors (Lipinski definition) is 0. The third-order valence-electron chi connectivity index (χ3n) is 5.63. The van der Waals surface area contributed by atoms with Gasteiger partial charge in [-0.05, 0) is 12.3 Å². The lowest BCUT2D eigenvalue weighted by molar-refractivity contribution is -0.143. The van der Waals surface area contributed by atoms with Crippen LogP contribution < -0.4 is 0 Å². The van der Waals surface area contributed by atoms with E-state index >= 15 is 0 Å². The van der Waals surface area contributed by atoms with Crippen LogP contribution in [0.3, 0.4) is 0 Å². The lowest BCUT2D eigenvalue weighted by Gasteiger charge is -2.42. The summed E-state index contributed by atoms with van der Waals surface area (Å²) in [6.45, 7) is 8.32. The van der Waals surface area contributed by atoms with Crippen molar-refractivity contribution in [3.05, 3.63) is 0 Å². The van der Waals surface area contributed by atoms with E-state index in [2.05, 4.69) is 13.8 Å². The molecule has 0 N–H and O–H groups in total. The molecule has 3 heterocycles. The number of urea groups is 1. The van der Waals surface area contributed by atoms with Gasteiger partial charge in [0.15, 0.2) is 0 Å². The van der Waals surface area contributed by atoms with Crippen molar-refractivity contribution in [2.24, 2.45) is 5.92 Å². The summed E-state index contributed by atoms with van der Waals surface area (Å²) >= 11 is 0. The Labute approximate surface area is 166 Å². The van der Waals surface area contributed by atoms with Crippen molar-refractivity contribution in [2.45, 2.75) is 32.4 Å². The predicted octanol–water partition coefficient (Wildman–Crippen LogP) is -0.145. The Bertz CT molecular complexity index is 593. The fourth-order valence-corrected chi connectivity index (χ4v) is 4.22. The predicted molar refractivity (Wildman–Crippen MR) is 102 cm³/mol. The van der Waals surface area contributed by atoms with Crippen LogP contribution in [0.1, 0.15) is 20.3 Å². The highest BCUT2D eigenvalue weighted by atomic mass is 16.5. The zero-order valence-electron chi connectivity index (χ0n) is 17.1. The van der Waals surface area contributed by atoms with E-state index < -0.39 is 6.04 Å². The minimum absolute atomic E-state index is 0.0169. The van der Waals surface area contributed by atoms with Crippen molar-refractivity contribution in [2.75, 3.05) is 66.2 Å². The first-order valence-corrected chi connectivity index (χ1v) is 10.1. The molecular formula is C19H32N4O5. The normalized spacial score (nSPS) is 25.7. The summed E-state index contributed by atoms with van der Waals surface area (Å²) in [6.07, 6.45) is 0.621. The third kappa shape index (κ3) is 4.41. The number of amides is 4. The Kier molecular flexibility index (Phi) is 6.77. The second-order valence-corrected chi connectivity index (χ2v) is 8.14. The molecule has 3 rings (SSSR count). The molecule has 28 heavy (non-hydrogen) atoms. The summed E-state index contributed by atoms with van der Waals surface area (Å²) < 4.78 is 10.4. The van der Waals surface area contributed by atoms with Gasteiger partial charge < -0.3 is 29.1 Å². The van der Waals surface area contributed by atoms with Crippen LogP contribution >= 0.6 is 0 Å². The number of ether oxygens (including phenoxy) is 2. The van der Waals surface area contributed by atoms with E-state index in [-0.39, 0.29) is 36.3 Å². The van der Waals surface area contributed by atoms with Gasteiger partial charge in [-0.25, -0.2) is 4.79 Å². The van der Waals surface area contributed by atoms with Gasteiger partial charge in [0, 0.05) is 39.8 Å². The number of methoxy groups -OCH3 is 1. The molecule has 0 aliphatic carbocycles. The largest absolute Gasteiger partial charge is 0.383 e. The van der Waals surface area contributed by atoms with Crippen LogP contribution in [0.2, 0.25) is 0 Å². The zero-order valence-corrected chi connectivity index (χ0v) is 17.1. The lowest BCUT2D eigenvalue weighted by Crippen LogP contribution is -2.61. The number of carbonyl (C=O) groups excluding carboxylic acids is 3. The van der Waals surface area contributed by atoms with Crippen LogP contribution in [-0.4, -0.2) is 116 Å². The van der Waals surface area contributed by atoms with Gasteiger partial charge in [0.25, 0.3) is 0 Å². The Hall–Kier alpha value is -1.87. The SMILES string of the molecule is COCCN1C[C@H]2CN(CC(=O)N3CCOCC3)C(=O)N2[C@@H](CC(C)C)C1=O. The molecule has 3 aliphatic heterocycles. The van der Waals surface area contributed by atoms with Crippen LogP contribution in [0.4, 0.5) is 4.79 Å². The number of morpholine rings is 1. The quantitative estimate of drug-likeness (QED) is 0.598. The Morgan fingerprint density at radius 3 is 2.50 bits per heavy atom. The molecule has 0 aromatic heterocycles. The molecule has 9 heteroatoms. The number of fused-ring (bicyclic) bond motifs is 1. The van der Waals surface area contributed by atoms with Crippen LogP contribution in [-0.2, 0) is 19.1 Å². The minimum Gasteiger partial charge on any atom is -0.383 e. The van der Waals surface area contributed by atoms with E-state index in [9.17, 15) is 14.4 Å².